The molecule has 0 bridgehead atoms. The maximum atomic E-state index is 7.59. The van der Waals surface area contributed by atoms with Crippen molar-refractivity contribution in [2.75, 3.05) is 0 Å². The molecule has 1 spiro atoms. The van der Waals surface area contributed by atoms with E-state index >= 15 is 0 Å². The third-order valence-electron chi connectivity index (χ3n) is 10.6. The highest BCUT2D eigenvalue weighted by Gasteiger charge is 2.43. The van der Waals surface area contributed by atoms with Gasteiger partial charge in [-0.25, -0.2) is 19.8 Å². The Bertz CT molecular complexity index is 2330. The summed E-state index contributed by atoms with van der Waals surface area (Å²) >= 11 is 0. The molecule has 4 nitrogen and oxygen atoms in total. The van der Waals surface area contributed by atoms with Crippen molar-refractivity contribution in [1.82, 2.24) is 15.0 Å². The Labute approximate surface area is 293 Å². The molecule has 0 aliphatic heterocycles. The van der Waals surface area contributed by atoms with E-state index in [1.807, 2.05) is 66.7 Å². The van der Waals surface area contributed by atoms with E-state index in [2.05, 4.69) is 83.7 Å². The van der Waals surface area contributed by atoms with Crippen molar-refractivity contribution in [3.63, 3.8) is 0 Å². The largest absolute Gasteiger partial charge is 0.238 e. The van der Waals surface area contributed by atoms with Gasteiger partial charge in [0.1, 0.15) is 0 Å². The molecule has 7 aromatic rings. The summed E-state index contributed by atoms with van der Waals surface area (Å²) in [5, 5.41) is 0. The molecule has 2 aliphatic carbocycles. The highest BCUT2D eigenvalue weighted by atomic mass is 15.0. The van der Waals surface area contributed by atoms with Crippen LogP contribution in [0.3, 0.4) is 0 Å². The van der Waals surface area contributed by atoms with Crippen LogP contribution in [0.2, 0.25) is 0 Å². The lowest BCUT2D eigenvalue weighted by Gasteiger charge is -2.36. The van der Waals surface area contributed by atoms with E-state index < -0.39 is 0 Å². The Hall–Kier alpha value is -6.18. The zero-order chi connectivity index (χ0) is 33.5. The van der Waals surface area contributed by atoms with E-state index in [9.17, 15) is 0 Å². The minimum atomic E-state index is 0.0589. The van der Waals surface area contributed by atoms with E-state index in [4.69, 9.17) is 21.5 Å². The van der Waals surface area contributed by atoms with Gasteiger partial charge in [-0.05, 0) is 69.5 Å². The van der Waals surface area contributed by atoms with Crippen molar-refractivity contribution in [1.29, 1.82) is 0 Å². The van der Waals surface area contributed by atoms with Crippen molar-refractivity contribution in [2.45, 2.75) is 37.5 Å². The van der Waals surface area contributed by atoms with Gasteiger partial charge in [0.25, 0.3) is 0 Å². The second-order valence-corrected chi connectivity index (χ2v) is 13.4. The Morgan fingerprint density at radius 1 is 0.420 bits per heavy atom. The number of hydrogen-bond donors (Lipinski definition) is 0. The third-order valence-corrected chi connectivity index (χ3v) is 10.6. The van der Waals surface area contributed by atoms with Crippen molar-refractivity contribution >= 4 is 5.69 Å². The number of hydrogen-bond acceptors (Lipinski definition) is 3. The lowest BCUT2D eigenvalue weighted by molar-refractivity contribution is 0.353. The van der Waals surface area contributed by atoms with E-state index in [-0.39, 0.29) is 5.41 Å². The van der Waals surface area contributed by atoms with Crippen LogP contribution in [0.15, 0.2) is 146 Å². The summed E-state index contributed by atoms with van der Waals surface area (Å²) in [4.78, 5) is 18.3. The van der Waals surface area contributed by atoms with Crippen LogP contribution >= 0.6 is 0 Å². The minimum absolute atomic E-state index is 0.0589. The molecule has 0 saturated heterocycles. The molecular formula is C46H34N4. The second-order valence-electron chi connectivity index (χ2n) is 13.4. The molecule has 1 saturated carbocycles. The van der Waals surface area contributed by atoms with Gasteiger partial charge < -0.3 is 0 Å². The molecule has 50 heavy (non-hydrogen) atoms. The van der Waals surface area contributed by atoms with Crippen LogP contribution in [-0.2, 0) is 5.41 Å². The van der Waals surface area contributed by atoms with E-state index in [1.165, 1.54) is 65.5 Å². The average molecular weight is 643 g/mol. The summed E-state index contributed by atoms with van der Waals surface area (Å²) in [6.07, 6.45) is 6.14. The Morgan fingerprint density at radius 3 is 1.44 bits per heavy atom. The Kier molecular flexibility index (Phi) is 7.40. The van der Waals surface area contributed by atoms with Crippen molar-refractivity contribution < 1.29 is 0 Å². The number of rotatable bonds is 5. The first-order chi connectivity index (χ1) is 24.7. The van der Waals surface area contributed by atoms with Gasteiger partial charge in [-0.2, -0.15) is 0 Å². The molecule has 238 valence electrons. The first-order valence-corrected chi connectivity index (χ1v) is 17.4. The van der Waals surface area contributed by atoms with Crippen LogP contribution < -0.4 is 0 Å². The van der Waals surface area contributed by atoms with E-state index in [1.54, 1.807) is 0 Å². The first-order valence-electron chi connectivity index (χ1n) is 17.4. The number of aromatic nitrogens is 3. The van der Waals surface area contributed by atoms with Crippen LogP contribution in [0, 0.1) is 6.57 Å². The summed E-state index contributed by atoms with van der Waals surface area (Å²) in [5.74, 6) is 1.97. The van der Waals surface area contributed by atoms with Crippen LogP contribution in [0.4, 0.5) is 5.69 Å². The zero-order valence-corrected chi connectivity index (χ0v) is 27.7. The lowest BCUT2D eigenvalue weighted by Crippen LogP contribution is -2.28. The summed E-state index contributed by atoms with van der Waals surface area (Å²) < 4.78 is 0. The van der Waals surface area contributed by atoms with Gasteiger partial charge in [-0.15, -0.1) is 0 Å². The predicted octanol–water partition coefficient (Wildman–Crippen LogP) is 12.0. The molecule has 0 amide bonds. The van der Waals surface area contributed by atoms with Gasteiger partial charge in [0, 0.05) is 22.1 Å². The average Bonchev–Trinajstić information content (AvgIpc) is 3.46. The number of nitrogens with zero attached hydrogens (tertiary/aromatic N) is 4. The summed E-state index contributed by atoms with van der Waals surface area (Å²) in [6.45, 7) is 7.59. The van der Waals surface area contributed by atoms with Crippen LogP contribution in [-0.4, -0.2) is 15.0 Å². The molecule has 1 fully saturated rings. The quantitative estimate of drug-likeness (QED) is 0.175. The summed E-state index contributed by atoms with van der Waals surface area (Å²) in [7, 11) is 0. The van der Waals surface area contributed by atoms with Crippen LogP contribution in [0.5, 0.6) is 0 Å². The Morgan fingerprint density at radius 2 is 0.900 bits per heavy atom. The fraction of sp³-hybridized carbons (Fsp3) is 0.130. The first kappa shape index (κ1) is 29.9. The normalized spacial score (nSPS) is 14.1. The van der Waals surface area contributed by atoms with Gasteiger partial charge >= 0.3 is 0 Å². The maximum absolute atomic E-state index is 7.59. The van der Waals surface area contributed by atoms with Gasteiger partial charge in [-0.3, -0.25) is 0 Å². The predicted molar refractivity (Wildman–Crippen MR) is 203 cm³/mol. The summed E-state index contributed by atoms with van der Waals surface area (Å²) in [6, 6.07) is 50.9. The zero-order valence-electron chi connectivity index (χ0n) is 27.7. The van der Waals surface area contributed by atoms with Crippen molar-refractivity contribution in [3.05, 3.63) is 168 Å². The smallest absolute Gasteiger partial charge is 0.187 e. The van der Waals surface area contributed by atoms with Gasteiger partial charge in [0.2, 0.25) is 0 Å². The number of fused-ring (bicyclic) bond motifs is 5. The standard InChI is InChI=1S/C46H34N4/c1-47-38-24-26-41-40(30-38)39-25-23-37(29-42(39)46(41)27-9-4-10-28-46)33-17-15-31(16-18-33)32-19-21-36(22-20-32)45-49-43(34-11-5-2-6-12-34)48-44(50-45)35-13-7-3-8-14-35/h2-3,5-8,11-26,29-30H,4,9-10,27-28H2. The highest BCUT2D eigenvalue weighted by molar-refractivity contribution is 5.86. The molecule has 0 atom stereocenters. The third kappa shape index (κ3) is 5.19. The molecule has 4 heteroatoms. The van der Waals surface area contributed by atoms with Crippen molar-refractivity contribution in [2.24, 2.45) is 0 Å². The van der Waals surface area contributed by atoms with Crippen molar-refractivity contribution in [3.8, 4) is 67.5 Å². The monoisotopic (exact) mass is 642 g/mol. The number of benzene rings is 6. The lowest BCUT2D eigenvalue weighted by atomic mass is 9.67. The Balaban J connectivity index is 1.02. The molecule has 0 unspecified atom stereocenters. The van der Waals surface area contributed by atoms with E-state index in [0.29, 0.717) is 17.5 Å². The molecule has 0 radical (unpaired) electrons. The van der Waals surface area contributed by atoms with Gasteiger partial charge in [0.05, 0.1) is 6.57 Å². The fourth-order valence-electron chi connectivity index (χ4n) is 8.04. The van der Waals surface area contributed by atoms with Crippen LogP contribution in [0.1, 0.15) is 43.2 Å². The molecule has 1 aromatic heterocycles. The molecule has 6 aromatic carbocycles. The molecule has 0 N–H and O–H groups in total. The SMILES string of the molecule is [C-]#[N+]c1ccc2c(c1)-c1ccc(-c3ccc(-c4ccc(-c5nc(-c6ccccc6)nc(-c6ccccc6)n5)cc4)cc3)cc1C21CCCCC1. The molecule has 9 rings (SSSR count). The minimum Gasteiger partial charge on any atom is -0.238 e. The fourth-order valence-corrected chi connectivity index (χ4v) is 8.04. The van der Waals surface area contributed by atoms with Gasteiger partial charge in [0.15, 0.2) is 23.2 Å². The van der Waals surface area contributed by atoms with E-state index in [0.717, 1.165) is 33.5 Å². The summed E-state index contributed by atoms with van der Waals surface area (Å²) in [5.41, 5.74) is 13.8. The topological polar surface area (TPSA) is 43.0 Å². The van der Waals surface area contributed by atoms with Crippen LogP contribution in [0.25, 0.3) is 72.4 Å². The molecular weight excluding hydrogens is 609 g/mol. The maximum Gasteiger partial charge on any atom is 0.187 e. The second kappa shape index (κ2) is 12.4. The highest BCUT2D eigenvalue weighted by Crippen LogP contribution is 2.57. The molecule has 2 aliphatic rings. The molecule has 1 heterocycles. The van der Waals surface area contributed by atoms with Gasteiger partial charge in [-0.1, -0.05) is 153 Å².